The molecule has 2 rings (SSSR count). The van der Waals surface area contributed by atoms with Crippen molar-refractivity contribution in [3.8, 4) is 11.5 Å². The Bertz CT molecular complexity index is 497. The molecule has 0 saturated carbocycles. The van der Waals surface area contributed by atoms with E-state index in [1.807, 2.05) is 36.6 Å². The minimum atomic E-state index is 0.577. The van der Waals surface area contributed by atoms with Gasteiger partial charge < -0.3 is 15.2 Å². The standard InChI is InChI=1S/C15H19NO2S/c1-2-17-15-10-12(7-8-16)5-6-14(15)18-11-13-4-3-9-19-13/h3-6,9-10H,2,7-8,11,16H2,1H3. The highest BCUT2D eigenvalue weighted by molar-refractivity contribution is 7.09. The van der Waals surface area contributed by atoms with Crippen molar-refractivity contribution in [2.45, 2.75) is 20.0 Å². The molecule has 0 atom stereocenters. The van der Waals surface area contributed by atoms with Crippen molar-refractivity contribution >= 4 is 11.3 Å². The number of nitrogens with two attached hydrogens (primary N) is 1. The maximum atomic E-state index is 5.82. The fourth-order valence-electron chi connectivity index (χ4n) is 1.81. The molecule has 0 aliphatic rings. The lowest BCUT2D eigenvalue weighted by atomic mass is 10.1. The minimum absolute atomic E-state index is 0.577. The number of hydrogen-bond donors (Lipinski definition) is 1. The van der Waals surface area contributed by atoms with Crippen molar-refractivity contribution in [2.24, 2.45) is 5.73 Å². The average molecular weight is 277 g/mol. The van der Waals surface area contributed by atoms with Crippen LogP contribution < -0.4 is 15.2 Å². The van der Waals surface area contributed by atoms with Gasteiger partial charge >= 0.3 is 0 Å². The summed E-state index contributed by atoms with van der Waals surface area (Å²) in [4.78, 5) is 1.20. The molecule has 102 valence electrons. The van der Waals surface area contributed by atoms with Gasteiger partial charge in [-0.05, 0) is 49.0 Å². The average Bonchev–Trinajstić information content (AvgIpc) is 2.92. The fourth-order valence-corrected chi connectivity index (χ4v) is 2.42. The van der Waals surface area contributed by atoms with Crippen molar-refractivity contribution in [2.75, 3.05) is 13.2 Å². The predicted octanol–water partition coefficient (Wildman–Crippen LogP) is 3.23. The minimum Gasteiger partial charge on any atom is -0.490 e. The van der Waals surface area contributed by atoms with Crippen LogP contribution in [0.5, 0.6) is 11.5 Å². The van der Waals surface area contributed by atoms with Crippen molar-refractivity contribution in [3.05, 3.63) is 46.2 Å². The van der Waals surface area contributed by atoms with Crippen LogP contribution in [0.15, 0.2) is 35.7 Å². The van der Waals surface area contributed by atoms with Crippen LogP contribution in [-0.4, -0.2) is 13.2 Å². The summed E-state index contributed by atoms with van der Waals surface area (Å²) in [6.45, 7) is 3.81. The van der Waals surface area contributed by atoms with Gasteiger partial charge in [0.1, 0.15) is 6.61 Å². The highest BCUT2D eigenvalue weighted by atomic mass is 32.1. The van der Waals surface area contributed by atoms with E-state index in [2.05, 4.69) is 6.07 Å². The molecule has 1 aromatic carbocycles. The summed E-state index contributed by atoms with van der Waals surface area (Å²) in [5.41, 5.74) is 6.75. The third kappa shape index (κ3) is 3.98. The van der Waals surface area contributed by atoms with E-state index in [1.165, 1.54) is 10.4 Å². The van der Waals surface area contributed by atoms with E-state index in [1.54, 1.807) is 11.3 Å². The van der Waals surface area contributed by atoms with Gasteiger partial charge in [0.05, 0.1) is 6.61 Å². The van der Waals surface area contributed by atoms with E-state index in [0.717, 1.165) is 17.9 Å². The quantitative estimate of drug-likeness (QED) is 0.845. The van der Waals surface area contributed by atoms with Gasteiger partial charge in [-0.25, -0.2) is 0 Å². The molecule has 19 heavy (non-hydrogen) atoms. The van der Waals surface area contributed by atoms with Crippen LogP contribution in [0.2, 0.25) is 0 Å². The number of thiophene rings is 1. The van der Waals surface area contributed by atoms with Crippen molar-refractivity contribution < 1.29 is 9.47 Å². The molecular formula is C15H19NO2S. The zero-order valence-corrected chi connectivity index (χ0v) is 11.9. The molecule has 2 N–H and O–H groups in total. The van der Waals surface area contributed by atoms with E-state index in [4.69, 9.17) is 15.2 Å². The van der Waals surface area contributed by atoms with E-state index in [-0.39, 0.29) is 0 Å². The van der Waals surface area contributed by atoms with E-state index >= 15 is 0 Å². The van der Waals surface area contributed by atoms with Crippen LogP contribution in [0.1, 0.15) is 17.4 Å². The SMILES string of the molecule is CCOc1cc(CCN)ccc1OCc1cccs1. The second kappa shape index (κ2) is 7.16. The molecule has 0 aliphatic heterocycles. The van der Waals surface area contributed by atoms with Crippen molar-refractivity contribution in [1.82, 2.24) is 0 Å². The molecule has 4 heteroatoms. The second-order valence-electron chi connectivity index (χ2n) is 4.12. The fraction of sp³-hybridized carbons (Fsp3) is 0.333. The van der Waals surface area contributed by atoms with Gasteiger partial charge in [-0.2, -0.15) is 0 Å². The molecule has 2 aromatic rings. The Morgan fingerprint density at radius 1 is 1.16 bits per heavy atom. The molecule has 0 bridgehead atoms. The van der Waals surface area contributed by atoms with Gasteiger partial charge in [0.15, 0.2) is 11.5 Å². The van der Waals surface area contributed by atoms with E-state index in [9.17, 15) is 0 Å². The second-order valence-corrected chi connectivity index (χ2v) is 5.15. The van der Waals surface area contributed by atoms with Crippen molar-refractivity contribution in [3.63, 3.8) is 0 Å². The van der Waals surface area contributed by atoms with Crippen LogP contribution in [0, 0.1) is 0 Å². The summed E-state index contributed by atoms with van der Waals surface area (Å²) < 4.78 is 11.5. The first-order valence-electron chi connectivity index (χ1n) is 6.44. The molecular weight excluding hydrogens is 258 g/mol. The summed E-state index contributed by atoms with van der Waals surface area (Å²) in [5.74, 6) is 1.58. The van der Waals surface area contributed by atoms with E-state index < -0.39 is 0 Å². The number of rotatable bonds is 7. The van der Waals surface area contributed by atoms with Crippen LogP contribution in [0.3, 0.4) is 0 Å². The summed E-state index contributed by atoms with van der Waals surface area (Å²) >= 11 is 1.69. The molecule has 0 amide bonds. The maximum Gasteiger partial charge on any atom is 0.161 e. The molecule has 1 heterocycles. The Morgan fingerprint density at radius 2 is 2.05 bits per heavy atom. The number of ether oxygens (including phenoxy) is 2. The Morgan fingerprint density at radius 3 is 2.74 bits per heavy atom. The molecule has 0 fully saturated rings. The normalized spacial score (nSPS) is 10.4. The molecule has 0 radical (unpaired) electrons. The van der Waals surface area contributed by atoms with Crippen LogP contribution >= 0.6 is 11.3 Å². The molecule has 0 saturated heterocycles. The lowest BCUT2D eigenvalue weighted by Gasteiger charge is -2.12. The van der Waals surface area contributed by atoms with Gasteiger partial charge in [-0.1, -0.05) is 12.1 Å². The Kier molecular flexibility index (Phi) is 5.24. The summed E-state index contributed by atoms with van der Waals surface area (Å²) in [7, 11) is 0. The van der Waals surface area contributed by atoms with Crippen LogP contribution in [0.25, 0.3) is 0 Å². The largest absolute Gasteiger partial charge is 0.490 e. The van der Waals surface area contributed by atoms with Gasteiger partial charge in [0.25, 0.3) is 0 Å². The predicted molar refractivity (Wildman–Crippen MR) is 79.0 cm³/mol. The monoisotopic (exact) mass is 277 g/mol. The molecule has 3 nitrogen and oxygen atoms in total. The maximum absolute atomic E-state index is 5.82. The van der Waals surface area contributed by atoms with Crippen LogP contribution in [0.4, 0.5) is 0 Å². The lowest BCUT2D eigenvalue weighted by molar-refractivity contribution is 0.271. The first-order chi connectivity index (χ1) is 9.33. The first-order valence-corrected chi connectivity index (χ1v) is 7.32. The Hall–Kier alpha value is -1.52. The Labute approximate surface area is 118 Å². The first kappa shape index (κ1) is 13.9. The van der Waals surface area contributed by atoms with Crippen molar-refractivity contribution in [1.29, 1.82) is 0 Å². The number of benzene rings is 1. The summed E-state index contributed by atoms with van der Waals surface area (Å²) in [6, 6.07) is 10.1. The molecule has 0 aliphatic carbocycles. The topological polar surface area (TPSA) is 44.5 Å². The zero-order valence-electron chi connectivity index (χ0n) is 11.1. The van der Waals surface area contributed by atoms with Gasteiger partial charge in [-0.15, -0.1) is 11.3 Å². The third-order valence-corrected chi connectivity index (χ3v) is 3.54. The highest BCUT2D eigenvalue weighted by Crippen LogP contribution is 2.29. The number of hydrogen-bond acceptors (Lipinski definition) is 4. The van der Waals surface area contributed by atoms with Gasteiger partial charge in [0, 0.05) is 4.88 Å². The third-order valence-electron chi connectivity index (χ3n) is 2.69. The summed E-state index contributed by atoms with van der Waals surface area (Å²) in [5, 5.41) is 2.05. The zero-order chi connectivity index (χ0) is 13.5. The molecule has 1 aromatic heterocycles. The molecule has 0 unspecified atom stereocenters. The molecule has 0 spiro atoms. The van der Waals surface area contributed by atoms with E-state index in [0.29, 0.717) is 19.8 Å². The van der Waals surface area contributed by atoms with Gasteiger partial charge in [-0.3, -0.25) is 0 Å². The van der Waals surface area contributed by atoms with Gasteiger partial charge in [0.2, 0.25) is 0 Å². The van der Waals surface area contributed by atoms with Crippen LogP contribution in [-0.2, 0) is 13.0 Å². The Balaban J connectivity index is 2.09. The smallest absolute Gasteiger partial charge is 0.161 e. The lowest BCUT2D eigenvalue weighted by Crippen LogP contribution is -2.04. The highest BCUT2D eigenvalue weighted by Gasteiger charge is 2.07. The summed E-state index contributed by atoms with van der Waals surface area (Å²) in [6.07, 6.45) is 0.852.